The van der Waals surface area contributed by atoms with Crippen molar-refractivity contribution in [1.82, 2.24) is 10.6 Å². The van der Waals surface area contributed by atoms with Gasteiger partial charge < -0.3 is 20.5 Å². The highest BCUT2D eigenvalue weighted by Crippen LogP contribution is 2.30. The van der Waals surface area contributed by atoms with Crippen LogP contribution in [0.15, 0.2) is 24.3 Å². The Morgan fingerprint density at radius 2 is 1.66 bits per heavy atom. The number of ether oxygens (including phenoxy) is 1. The first-order valence-electron chi connectivity index (χ1n) is 9.95. The number of hydrogen-bond acceptors (Lipinski definition) is 5. The second-order valence-corrected chi connectivity index (χ2v) is 9.00. The number of hydrogen-bond donors (Lipinski definition) is 3. The van der Waals surface area contributed by atoms with Crippen molar-refractivity contribution in [2.45, 2.75) is 31.8 Å². The molecule has 0 radical (unpaired) electrons. The van der Waals surface area contributed by atoms with Crippen LogP contribution in [0.25, 0.3) is 0 Å². The number of carboxylic acid groups (broad SMARTS) is 1. The lowest BCUT2D eigenvalue weighted by Crippen LogP contribution is -2.34. The lowest BCUT2D eigenvalue weighted by atomic mass is 9.87. The van der Waals surface area contributed by atoms with E-state index in [0.717, 1.165) is 17.4 Å². The molecule has 0 aliphatic heterocycles. The summed E-state index contributed by atoms with van der Waals surface area (Å²) in [6, 6.07) is 5.46. The van der Waals surface area contributed by atoms with Gasteiger partial charge in [-0.1, -0.05) is 11.6 Å². The first-order valence-corrected chi connectivity index (χ1v) is 11.1. The lowest BCUT2D eigenvalue weighted by molar-refractivity contribution is -0.143. The summed E-state index contributed by atoms with van der Waals surface area (Å²) < 4.78 is 34.8. The third-order valence-corrected chi connectivity index (χ3v) is 6.33. The van der Waals surface area contributed by atoms with Crippen LogP contribution in [0.5, 0.6) is 5.75 Å². The summed E-state index contributed by atoms with van der Waals surface area (Å²) in [7, 11) is 0. The summed E-state index contributed by atoms with van der Waals surface area (Å²) in [6.45, 7) is 0.0974. The average Bonchev–Trinajstić information content (AvgIpc) is 3.21. The second kappa shape index (κ2) is 10.7. The Morgan fingerprint density at radius 1 is 1.00 bits per heavy atom. The van der Waals surface area contributed by atoms with Gasteiger partial charge in [0.1, 0.15) is 0 Å². The van der Waals surface area contributed by atoms with Crippen molar-refractivity contribution in [3.63, 3.8) is 0 Å². The Labute approximate surface area is 191 Å². The Hall–Kier alpha value is -2.72. The van der Waals surface area contributed by atoms with Gasteiger partial charge in [-0.05, 0) is 49.9 Å². The highest BCUT2D eigenvalue weighted by Gasteiger charge is 2.28. The second-order valence-electron chi connectivity index (χ2n) is 7.28. The fourth-order valence-corrected chi connectivity index (χ4v) is 4.34. The van der Waals surface area contributed by atoms with Crippen LogP contribution in [0.3, 0.4) is 0 Å². The summed E-state index contributed by atoms with van der Waals surface area (Å²) in [5.41, 5.74) is -0.485. The molecule has 1 aromatic carbocycles. The summed E-state index contributed by atoms with van der Waals surface area (Å²) in [4.78, 5) is 35.5. The average molecular weight is 487 g/mol. The molecule has 2 aromatic rings. The molecule has 0 atom stereocenters. The molecule has 2 amide bonds. The zero-order valence-electron chi connectivity index (χ0n) is 16.8. The van der Waals surface area contributed by atoms with Crippen molar-refractivity contribution < 1.29 is 33.0 Å². The Bertz CT molecular complexity index is 1010. The Morgan fingerprint density at radius 3 is 2.25 bits per heavy atom. The van der Waals surface area contributed by atoms with E-state index in [0.29, 0.717) is 34.9 Å². The van der Waals surface area contributed by atoms with E-state index in [9.17, 15) is 23.2 Å². The zero-order valence-corrected chi connectivity index (χ0v) is 18.4. The summed E-state index contributed by atoms with van der Waals surface area (Å²) in [6.07, 6.45) is 1.23. The number of rotatable bonds is 8. The minimum absolute atomic E-state index is 0.00973. The molecule has 1 heterocycles. The molecule has 1 fully saturated rings. The van der Waals surface area contributed by atoms with E-state index in [2.05, 4.69) is 10.6 Å². The third-order valence-electron chi connectivity index (χ3n) is 5.10. The molecule has 11 heteroatoms. The molecular weight excluding hydrogens is 466 g/mol. The van der Waals surface area contributed by atoms with Gasteiger partial charge in [-0.3, -0.25) is 14.4 Å². The number of carbonyl (C=O) groups excluding carboxylic acids is 2. The first-order chi connectivity index (χ1) is 15.3. The lowest BCUT2D eigenvalue weighted by Gasteiger charge is -2.27. The maximum absolute atomic E-state index is 14.4. The maximum Gasteiger partial charge on any atom is 0.306 e. The van der Waals surface area contributed by atoms with Crippen LogP contribution in [0.1, 0.15) is 45.7 Å². The number of amides is 2. The highest BCUT2D eigenvalue weighted by molar-refractivity contribution is 7.17. The van der Waals surface area contributed by atoms with Crippen molar-refractivity contribution in [1.29, 1.82) is 0 Å². The molecule has 3 N–H and O–H groups in total. The Balaban J connectivity index is 1.50. The highest BCUT2D eigenvalue weighted by atomic mass is 35.5. The molecule has 3 rings (SSSR count). The molecule has 1 aliphatic carbocycles. The zero-order chi connectivity index (χ0) is 23.3. The number of aliphatic carboxylic acids is 1. The van der Waals surface area contributed by atoms with E-state index in [1.165, 1.54) is 6.07 Å². The predicted octanol–water partition coefficient (Wildman–Crippen LogP) is 3.86. The summed E-state index contributed by atoms with van der Waals surface area (Å²) >= 11 is 6.88. The van der Waals surface area contributed by atoms with Crippen LogP contribution < -0.4 is 15.4 Å². The third kappa shape index (κ3) is 5.95. The van der Waals surface area contributed by atoms with Crippen molar-refractivity contribution >= 4 is 40.7 Å². The van der Waals surface area contributed by atoms with Crippen molar-refractivity contribution in [3.8, 4) is 5.75 Å². The largest absolute Gasteiger partial charge is 0.487 e. The molecule has 0 saturated heterocycles. The normalized spacial score (nSPS) is 18.1. The van der Waals surface area contributed by atoms with Gasteiger partial charge in [0.15, 0.2) is 11.6 Å². The van der Waals surface area contributed by atoms with Crippen LogP contribution >= 0.6 is 22.9 Å². The molecule has 7 nitrogen and oxygen atoms in total. The molecule has 0 bridgehead atoms. The number of benzene rings is 1. The quantitative estimate of drug-likeness (QED) is 0.491. The molecule has 172 valence electrons. The van der Waals surface area contributed by atoms with Crippen LogP contribution in [0, 0.1) is 17.6 Å². The van der Waals surface area contributed by atoms with Crippen molar-refractivity contribution in [3.05, 3.63) is 50.7 Å². The topological polar surface area (TPSA) is 105 Å². The van der Waals surface area contributed by atoms with Gasteiger partial charge in [0.05, 0.1) is 26.8 Å². The van der Waals surface area contributed by atoms with Crippen molar-refractivity contribution in [2.75, 3.05) is 13.1 Å². The SMILES string of the molecule is O=C(NCCNC(=O)c1ccc(O[C@H]2CC[C@@H](C(=O)O)CC2)c(F)c1F)c1ccc(Cl)s1. The van der Waals surface area contributed by atoms with Gasteiger partial charge in [0.2, 0.25) is 5.82 Å². The minimum Gasteiger partial charge on any atom is -0.487 e. The fraction of sp³-hybridized carbons (Fsp3) is 0.381. The standard InChI is InChI=1S/C21H21ClF2N2O5S/c22-16-8-7-15(32-16)20(28)26-10-9-25-19(27)13-5-6-14(18(24)17(13)23)31-12-3-1-11(2-4-12)21(29)30/h5-8,11-12H,1-4,9-10H2,(H,25,27)(H,26,28)(H,29,30)/t11-,12+. The summed E-state index contributed by atoms with van der Waals surface area (Å²) in [5, 5.41) is 14.0. The first kappa shape index (κ1) is 23.9. The predicted molar refractivity (Wildman–Crippen MR) is 114 cm³/mol. The van der Waals surface area contributed by atoms with Crippen LogP contribution in [-0.2, 0) is 4.79 Å². The van der Waals surface area contributed by atoms with E-state index in [4.69, 9.17) is 21.4 Å². The number of carbonyl (C=O) groups is 3. The van der Waals surface area contributed by atoms with E-state index >= 15 is 0 Å². The minimum atomic E-state index is -1.34. The molecule has 1 saturated carbocycles. The van der Waals surface area contributed by atoms with Gasteiger partial charge in [0.25, 0.3) is 11.8 Å². The maximum atomic E-state index is 14.4. The van der Waals surface area contributed by atoms with Gasteiger partial charge >= 0.3 is 5.97 Å². The smallest absolute Gasteiger partial charge is 0.306 e. The van der Waals surface area contributed by atoms with Gasteiger partial charge in [-0.25, -0.2) is 4.39 Å². The summed E-state index contributed by atoms with van der Waals surface area (Å²) in [5.74, 6) is -5.44. The fourth-order valence-electron chi connectivity index (χ4n) is 3.38. The Kier molecular flexibility index (Phi) is 8.03. The molecule has 32 heavy (non-hydrogen) atoms. The van der Waals surface area contributed by atoms with Crippen molar-refractivity contribution in [2.24, 2.45) is 5.92 Å². The number of halogens is 3. The van der Waals surface area contributed by atoms with E-state index in [-0.39, 0.29) is 24.7 Å². The molecule has 1 aromatic heterocycles. The van der Waals surface area contributed by atoms with E-state index < -0.39 is 41.1 Å². The van der Waals surface area contributed by atoms with Crippen LogP contribution in [0.4, 0.5) is 8.78 Å². The number of nitrogens with one attached hydrogen (secondary N) is 2. The molecular formula is C21H21ClF2N2O5S. The molecule has 0 spiro atoms. The molecule has 0 unspecified atom stereocenters. The van der Waals surface area contributed by atoms with Gasteiger partial charge in [-0.15, -0.1) is 11.3 Å². The van der Waals surface area contributed by atoms with Gasteiger partial charge in [0, 0.05) is 13.1 Å². The monoisotopic (exact) mass is 486 g/mol. The van der Waals surface area contributed by atoms with Gasteiger partial charge in [-0.2, -0.15) is 4.39 Å². The number of carboxylic acids is 1. The molecule has 1 aliphatic rings. The van der Waals surface area contributed by atoms with E-state index in [1.807, 2.05) is 0 Å². The number of thiophene rings is 1. The van der Waals surface area contributed by atoms with Crippen LogP contribution in [-0.4, -0.2) is 42.1 Å². The van der Waals surface area contributed by atoms with Crippen LogP contribution in [0.2, 0.25) is 4.34 Å². The van der Waals surface area contributed by atoms with E-state index in [1.54, 1.807) is 12.1 Å².